The largest absolute Gasteiger partial charge is 0.483 e. The van der Waals surface area contributed by atoms with Gasteiger partial charge in [-0.2, -0.15) is 0 Å². The number of rotatable bonds is 4. The molecule has 0 saturated heterocycles. The molecule has 0 heterocycles. The minimum atomic E-state index is -0.250. The maximum Gasteiger partial charge on any atom is 0.290 e. The van der Waals surface area contributed by atoms with Gasteiger partial charge in [-0.25, -0.2) is 0 Å². The Hall–Kier alpha value is -1.45. The second kappa shape index (κ2) is 8.96. The van der Waals surface area contributed by atoms with Gasteiger partial charge in [-0.15, -0.1) is 0 Å². The zero-order chi connectivity index (χ0) is 22.1. The van der Waals surface area contributed by atoms with Crippen LogP contribution in [0.5, 0.6) is 0 Å². The molecular weight excluding hydrogens is 376 g/mol. The smallest absolute Gasteiger partial charge is 0.290 e. The Kier molecular flexibility index (Phi) is 6.94. The lowest BCUT2D eigenvalue weighted by Crippen LogP contribution is -2.50. The molecular formula is C26H40O4. The van der Waals surface area contributed by atoms with Crippen molar-refractivity contribution in [3.8, 4) is 0 Å². The molecule has 0 aromatic heterocycles. The molecule has 3 fully saturated rings. The van der Waals surface area contributed by atoms with Gasteiger partial charge in [0.2, 0.25) is 0 Å². The van der Waals surface area contributed by atoms with Gasteiger partial charge in [0.15, 0.2) is 0 Å². The van der Waals surface area contributed by atoms with Crippen molar-refractivity contribution in [3.05, 3.63) is 11.6 Å². The number of allylic oxidation sites excluding steroid dienone is 2. The van der Waals surface area contributed by atoms with Crippen molar-refractivity contribution in [1.82, 2.24) is 0 Å². The Morgan fingerprint density at radius 1 is 1.23 bits per heavy atom. The highest BCUT2D eigenvalue weighted by atomic mass is 16.3. The fraction of sp³-hybridized carbons (Fsp3) is 0.808. The lowest BCUT2D eigenvalue weighted by atomic mass is 9.47. The number of carbonyl (C=O) groups excluding carboxylic acids is 2. The topological polar surface area (TPSA) is 71.4 Å². The number of Topliss-reactive ketones (excluding diaryl/α,β-unsaturated/α-hetero) is 2. The lowest BCUT2D eigenvalue weighted by molar-refractivity contribution is -0.125. The van der Waals surface area contributed by atoms with E-state index in [2.05, 4.69) is 33.8 Å². The Bertz CT molecular complexity index is 710. The van der Waals surface area contributed by atoms with Crippen molar-refractivity contribution in [3.63, 3.8) is 0 Å². The van der Waals surface area contributed by atoms with Crippen molar-refractivity contribution in [2.75, 3.05) is 0 Å². The third-order valence-electron chi connectivity index (χ3n) is 9.43. The molecule has 0 aromatic rings. The quantitative estimate of drug-likeness (QED) is 0.461. The predicted molar refractivity (Wildman–Crippen MR) is 118 cm³/mol. The van der Waals surface area contributed by atoms with Crippen molar-refractivity contribution < 1.29 is 19.5 Å². The molecule has 4 nitrogen and oxygen atoms in total. The van der Waals surface area contributed by atoms with Gasteiger partial charge in [-0.05, 0) is 60.2 Å². The molecule has 0 aromatic carbocycles. The van der Waals surface area contributed by atoms with E-state index < -0.39 is 0 Å². The van der Waals surface area contributed by atoms with Gasteiger partial charge < -0.3 is 5.11 Å². The SMILES string of the molecule is CCCCC(C)C1C(=O)CC2C3CC=C4CC(=O)CCC4(C)C3CCC21C.O=CO. The van der Waals surface area contributed by atoms with E-state index in [1.54, 1.807) is 0 Å². The summed E-state index contributed by atoms with van der Waals surface area (Å²) in [4.78, 5) is 33.5. The fourth-order valence-corrected chi connectivity index (χ4v) is 7.97. The van der Waals surface area contributed by atoms with Crippen molar-refractivity contribution in [1.29, 1.82) is 0 Å². The zero-order valence-electron chi connectivity index (χ0n) is 19.3. The van der Waals surface area contributed by atoms with Crippen LogP contribution in [0.15, 0.2) is 11.6 Å². The van der Waals surface area contributed by atoms with Gasteiger partial charge in [0.25, 0.3) is 6.47 Å². The number of carboxylic acid groups (broad SMARTS) is 1. The van der Waals surface area contributed by atoms with Crippen molar-refractivity contribution in [2.45, 2.75) is 91.9 Å². The van der Waals surface area contributed by atoms with E-state index >= 15 is 0 Å². The van der Waals surface area contributed by atoms with Crippen LogP contribution >= 0.6 is 0 Å². The first-order valence-electron chi connectivity index (χ1n) is 12.0. The number of hydrogen-bond donors (Lipinski definition) is 1. The molecule has 4 aliphatic rings. The molecule has 0 aliphatic heterocycles. The number of unbranched alkanes of at least 4 members (excludes halogenated alkanes) is 1. The number of ketones is 2. The average Bonchev–Trinajstić information content (AvgIpc) is 2.97. The van der Waals surface area contributed by atoms with Gasteiger partial charge >= 0.3 is 0 Å². The highest BCUT2D eigenvalue weighted by molar-refractivity contribution is 5.85. The van der Waals surface area contributed by atoms with E-state index in [0.717, 1.165) is 25.7 Å². The summed E-state index contributed by atoms with van der Waals surface area (Å²) in [6, 6.07) is 0. The predicted octanol–water partition coefficient (Wildman–Crippen LogP) is 5.84. The fourth-order valence-electron chi connectivity index (χ4n) is 7.97. The van der Waals surface area contributed by atoms with Gasteiger partial charge in [0.05, 0.1) is 0 Å². The zero-order valence-corrected chi connectivity index (χ0v) is 19.3. The van der Waals surface area contributed by atoms with Crippen LogP contribution < -0.4 is 0 Å². The normalized spacial score (nSPS) is 40.9. The van der Waals surface area contributed by atoms with Crippen molar-refractivity contribution in [2.24, 2.45) is 40.4 Å². The van der Waals surface area contributed by atoms with Gasteiger partial charge in [0.1, 0.15) is 11.6 Å². The number of carbonyl (C=O) groups is 3. The summed E-state index contributed by atoms with van der Waals surface area (Å²) in [5.74, 6) is 3.69. The van der Waals surface area contributed by atoms with Gasteiger partial charge in [-0.3, -0.25) is 14.4 Å². The highest BCUT2D eigenvalue weighted by Crippen LogP contribution is 2.66. The van der Waals surface area contributed by atoms with Gasteiger partial charge in [0, 0.05) is 25.2 Å². The van der Waals surface area contributed by atoms with Crippen molar-refractivity contribution >= 4 is 18.0 Å². The summed E-state index contributed by atoms with van der Waals surface area (Å²) in [7, 11) is 0. The van der Waals surface area contributed by atoms with Crippen LogP contribution in [0.1, 0.15) is 91.9 Å². The summed E-state index contributed by atoms with van der Waals surface area (Å²) in [5, 5.41) is 6.89. The summed E-state index contributed by atoms with van der Waals surface area (Å²) in [6.07, 6.45) is 13.0. The van der Waals surface area contributed by atoms with Crippen LogP contribution in [0, 0.1) is 40.4 Å². The molecule has 3 saturated carbocycles. The molecule has 0 amide bonds. The molecule has 7 unspecified atom stereocenters. The molecule has 0 bridgehead atoms. The van der Waals surface area contributed by atoms with E-state index in [1.807, 2.05) is 0 Å². The number of fused-ring (bicyclic) bond motifs is 5. The highest BCUT2D eigenvalue weighted by Gasteiger charge is 2.61. The summed E-state index contributed by atoms with van der Waals surface area (Å²) >= 11 is 0. The molecule has 4 aliphatic carbocycles. The molecule has 4 heteroatoms. The first kappa shape index (κ1) is 23.2. The first-order valence-corrected chi connectivity index (χ1v) is 12.0. The molecule has 7 atom stereocenters. The Labute approximate surface area is 181 Å². The Balaban J connectivity index is 0.000000806. The third-order valence-corrected chi connectivity index (χ3v) is 9.43. The molecule has 4 rings (SSSR count). The Morgan fingerprint density at radius 3 is 2.60 bits per heavy atom. The standard InChI is InChI=1S/C25H38O2.CH2O2/c1-5-6-7-16(2)23-22(27)15-21-19-9-8-17-14-18(26)10-12-24(17,3)20(19)11-13-25(21,23)4;2-1-3/h8,16,19-21,23H,5-7,9-15H2,1-4H3;1H,(H,2,3). The Morgan fingerprint density at radius 2 is 1.93 bits per heavy atom. The monoisotopic (exact) mass is 416 g/mol. The maximum atomic E-state index is 13.2. The average molecular weight is 417 g/mol. The summed E-state index contributed by atoms with van der Waals surface area (Å²) in [5.41, 5.74) is 1.85. The molecule has 1 N–H and O–H groups in total. The number of hydrogen-bond acceptors (Lipinski definition) is 3. The first-order chi connectivity index (χ1) is 14.2. The van der Waals surface area contributed by atoms with E-state index in [0.29, 0.717) is 41.7 Å². The lowest BCUT2D eigenvalue weighted by Gasteiger charge is -2.57. The summed E-state index contributed by atoms with van der Waals surface area (Å²) < 4.78 is 0. The van der Waals surface area contributed by atoms with Crippen LogP contribution in [0.25, 0.3) is 0 Å². The van der Waals surface area contributed by atoms with Crippen LogP contribution in [0.2, 0.25) is 0 Å². The van der Waals surface area contributed by atoms with E-state index in [1.165, 1.54) is 37.7 Å². The summed E-state index contributed by atoms with van der Waals surface area (Å²) in [6.45, 7) is 9.23. The van der Waals surface area contributed by atoms with Crippen LogP contribution in [-0.2, 0) is 14.4 Å². The minimum Gasteiger partial charge on any atom is -0.483 e. The van der Waals surface area contributed by atoms with E-state index in [4.69, 9.17) is 9.90 Å². The molecule has 30 heavy (non-hydrogen) atoms. The molecule has 168 valence electrons. The maximum absolute atomic E-state index is 13.2. The van der Waals surface area contributed by atoms with Crippen LogP contribution in [0.4, 0.5) is 0 Å². The third kappa shape index (κ3) is 3.80. The van der Waals surface area contributed by atoms with E-state index in [-0.39, 0.29) is 23.2 Å². The molecule has 0 spiro atoms. The second-order valence-electron chi connectivity index (χ2n) is 10.9. The second-order valence-corrected chi connectivity index (χ2v) is 10.9. The molecule has 0 radical (unpaired) electrons. The van der Waals surface area contributed by atoms with Gasteiger partial charge in [-0.1, -0.05) is 58.6 Å². The van der Waals surface area contributed by atoms with Crippen LogP contribution in [0.3, 0.4) is 0 Å². The van der Waals surface area contributed by atoms with E-state index in [9.17, 15) is 9.59 Å². The van der Waals surface area contributed by atoms with Crippen LogP contribution in [-0.4, -0.2) is 23.1 Å². The minimum absolute atomic E-state index is 0.206.